The summed E-state index contributed by atoms with van der Waals surface area (Å²) in [6, 6.07) is 78.1. The molecule has 268 valence electrons. The lowest BCUT2D eigenvalue weighted by Crippen LogP contribution is -2.09. The number of para-hydroxylation sites is 4. The number of fused-ring (bicyclic) bond motifs is 6. The number of aromatic nitrogens is 1. The first-order chi connectivity index (χ1) is 28.3. The van der Waals surface area contributed by atoms with Crippen molar-refractivity contribution >= 4 is 60.8 Å². The molecule has 11 rings (SSSR count). The molecule has 11 aromatic rings. The Morgan fingerprint density at radius 2 is 0.860 bits per heavy atom. The lowest BCUT2D eigenvalue weighted by molar-refractivity contribution is 0.669. The molecule has 2 aromatic heterocycles. The fraction of sp³-hybridized carbons (Fsp3) is 0. The summed E-state index contributed by atoms with van der Waals surface area (Å²) in [5.74, 6) is 0. The predicted octanol–water partition coefficient (Wildman–Crippen LogP) is 15.2. The fourth-order valence-corrected chi connectivity index (χ4v) is 8.54. The summed E-state index contributed by atoms with van der Waals surface area (Å²) in [5, 5.41) is 4.81. The van der Waals surface area contributed by atoms with Crippen LogP contribution in [0.15, 0.2) is 223 Å². The summed E-state index contributed by atoms with van der Waals surface area (Å²) >= 11 is 0. The van der Waals surface area contributed by atoms with Crippen LogP contribution in [0.25, 0.3) is 82.8 Å². The highest BCUT2D eigenvalue weighted by molar-refractivity contribution is 6.12. The number of nitrogens with zero attached hydrogens (tertiary/aromatic N) is 2. The Bertz CT molecular complexity index is 3170. The van der Waals surface area contributed by atoms with Gasteiger partial charge in [-0.1, -0.05) is 140 Å². The molecule has 0 unspecified atom stereocenters. The monoisotopic (exact) mass is 728 g/mol. The predicted molar refractivity (Wildman–Crippen MR) is 239 cm³/mol. The van der Waals surface area contributed by atoms with Crippen LogP contribution in [0.5, 0.6) is 0 Å². The summed E-state index contributed by atoms with van der Waals surface area (Å²) in [7, 11) is 0. The molecule has 0 aliphatic heterocycles. The Morgan fingerprint density at radius 3 is 1.58 bits per heavy atom. The van der Waals surface area contributed by atoms with E-state index in [1.807, 2.05) is 12.1 Å². The minimum absolute atomic E-state index is 0.898. The van der Waals surface area contributed by atoms with E-state index in [9.17, 15) is 0 Å². The molecule has 0 bridgehead atoms. The van der Waals surface area contributed by atoms with Gasteiger partial charge >= 0.3 is 0 Å². The van der Waals surface area contributed by atoms with Gasteiger partial charge in [0.15, 0.2) is 0 Å². The summed E-state index contributed by atoms with van der Waals surface area (Å²) in [5.41, 5.74) is 15.7. The highest BCUT2D eigenvalue weighted by atomic mass is 16.3. The summed E-state index contributed by atoms with van der Waals surface area (Å²) in [6.45, 7) is 0. The highest BCUT2D eigenvalue weighted by Crippen LogP contribution is 2.41. The van der Waals surface area contributed by atoms with Gasteiger partial charge in [0, 0.05) is 44.3 Å². The van der Waals surface area contributed by atoms with Crippen molar-refractivity contribution in [3.63, 3.8) is 0 Å². The Kier molecular flexibility index (Phi) is 7.82. The second-order valence-corrected chi connectivity index (χ2v) is 14.5. The third-order valence-corrected chi connectivity index (χ3v) is 11.2. The van der Waals surface area contributed by atoms with E-state index >= 15 is 0 Å². The van der Waals surface area contributed by atoms with Gasteiger partial charge in [-0.05, 0) is 112 Å². The van der Waals surface area contributed by atoms with Gasteiger partial charge in [-0.2, -0.15) is 0 Å². The van der Waals surface area contributed by atoms with E-state index in [1.54, 1.807) is 0 Å². The topological polar surface area (TPSA) is 21.3 Å². The van der Waals surface area contributed by atoms with Gasteiger partial charge in [0.05, 0.1) is 11.0 Å². The van der Waals surface area contributed by atoms with Crippen LogP contribution in [0.4, 0.5) is 17.1 Å². The van der Waals surface area contributed by atoms with Crippen molar-refractivity contribution in [1.82, 2.24) is 4.57 Å². The van der Waals surface area contributed by atoms with Gasteiger partial charge in [-0.15, -0.1) is 0 Å². The second kappa shape index (κ2) is 13.6. The quantitative estimate of drug-likeness (QED) is 0.163. The molecule has 57 heavy (non-hydrogen) atoms. The first-order valence-corrected chi connectivity index (χ1v) is 19.4. The number of hydrogen-bond donors (Lipinski definition) is 0. The number of rotatable bonds is 7. The van der Waals surface area contributed by atoms with Crippen molar-refractivity contribution in [3.8, 4) is 39.1 Å². The van der Waals surface area contributed by atoms with Crippen molar-refractivity contribution < 1.29 is 4.42 Å². The summed E-state index contributed by atoms with van der Waals surface area (Å²) < 4.78 is 8.61. The standard InChI is InChI=1S/C54H36N2O/c1-2-16-42(17-3-1)55(45-18-11-15-41(36-45)46-22-12-26-53-54(46)49-21-6-9-25-52(49)57-53)43-31-27-37(28-32-43)39-13-10-14-40(35-39)38-29-33-44(34-30-38)56-50-23-7-4-19-47(50)48-20-5-8-24-51(48)56/h1-36H. The Balaban J connectivity index is 0.923. The van der Waals surface area contributed by atoms with Crippen LogP contribution in [-0.2, 0) is 0 Å². The summed E-state index contributed by atoms with van der Waals surface area (Å²) in [6.07, 6.45) is 0. The Morgan fingerprint density at radius 1 is 0.333 bits per heavy atom. The zero-order valence-corrected chi connectivity index (χ0v) is 31.1. The number of benzene rings is 9. The molecule has 0 aliphatic carbocycles. The molecule has 2 heterocycles. The van der Waals surface area contributed by atoms with Gasteiger partial charge < -0.3 is 13.9 Å². The molecular weight excluding hydrogens is 693 g/mol. The molecule has 0 amide bonds. The average molecular weight is 729 g/mol. The van der Waals surface area contributed by atoms with Crippen LogP contribution in [0.3, 0.4) is 0 Å². The minimum atomic E-state index is 0.898. The van der Waals surface area contributed by atoms with Gasteiger partial charge in [-0.3, -0.25) is 0 Å². The van der Waals surface area contributed by atoms with E-state index in [4.69, 9.17) is 4.42 Å². The zero-order valence-electron chi connectivity index (χ0n) is 31.1. The molecule has 0 atom stereocenters. The number of anilines is 3. The van der Waals surface area contributed by atoms with E-state index in [1.165, 1.54) is 44.1 Å². The van der Waals surface area contributed by atoms with Crippen LogP contribution in [-0.4, -0.2) is 4.57 Å². The normalized spacial score (nSPS) is 11.5. The molecule has 3 nitrogen and oxygen atoms in total. The van der Waals surface area contributed by atoms with Crippen molar-refractivity contribution in [2.75, 3.05) is 4.90 Å². The van der Waals surface area contributed by atoms with E-state index in [2.05, 4.69) is 216 Å². The smallest absolute Gasteiger partial charge is 0.136 e. The SMILES string of the molecule is c1ccc(N(c2ccc(-c3cccc(-c4ccc(-n5c6ccccc6c6ccccc65)cc4)c3)cc2)c2cccc(-c3cccc4oc5ccccc5c34)c2)cc1. The maximum Gasteiger partial charge on any atom is 0.136 e. The lowest BCUT2D eigenvalue weighted by Gasteiger charge is -2.26. The van der Waals surface area contributed by atoms with E-state index in [0.29, 0.717) is 0 Å². The van der Waals surface area contributed by atoms with Crippen LogP contribution in [0.2, 0.25) is 0 Å². The molecule has 0 fully saturated rings. The molecular formula is C54H36N2O. The first-order valence-electron chi connectivity index (χ1n) is 19.4. The highest BCUT2D eigenvalue weighted by Gasteiger charge is 2.17. The molecule has 0 radical (unpaired) electrons. The van der Waals surface area contributed by atoms with Crippen LogP contribution in [0, 0.1) is 0 Å². The van der Waals surface area contributed by atoms with Gasteiger partial charge in [-0.25, -0.2) is 0 Å². The van der Waals surface area contributed by atoms with Gasteiger partial charge in [0.1, 0.15) is 11.2 Å². The minimum Gasteiger partial charge on any atom is -0.456 e. The maximum atomic E-state index is 6.24. The molecule has 0 spiro atoms. The van der Waals surface area contributed by atoms with Crippen LogP contribution in [0.1, 0.15) is 0 Å². The molecule has 0 saturated carbocycles. The number of furan rings is 1. The lowest BCUT2D eigenvalue weighted by atomic mass is 9.98. The number of hydrogen-bond acceptors (Lipinski definition) is 2. The van der Waals surface area contributed by atoms with Crippen molar-refractivity contribution in [2.45, 2.75) is 0 Å². The molecule has 0 saturated heterocycles. The second-order valence-electron chi connectivity index (χ2n) is 14.5. The average Bonchev–Trinajstić information content (AvgIpc) is 3.84. The van der Waals surface area contributed by atoms with E-state index in [0.717, 1.165) is 55.8 Å². The van der Waals surface area contributed by atoms with Crippen LogP contribution >= 0.6 is 0 Å². The van der Waals surface area contributed by atoms with Crippen molar-refractivity contribution in [1.29, 1.82) is 0 Å². The third-order valence-electron chi connectivity index (χ3n) is 11.2. The van der Waals surface area contributed by atoms with Gasteiger partial charge in [0.25, 0.3) is 0 Å². The Labute approximate surface area is 330 Å². The third kappa shape index (κ3) is 5.68. The zero-order chi connectivity index (χ0) is 37.7. The first kappa shape index (κ1) is 32.8. The van der Waals surface area contributed by atoms with E-state index < -0.39 is 0 Å². The maximum absolute atomic E-state index is 6.24. The molecule has 0 aliphatic rings. The molecule has 0 N–H and O–H groups in total. The van der Waals surface area contributed by atoms with E-state index in [-0.39, 0.29) is 0 Å². The van der Waals surface area contributed by atoms with Gasteiger partial charge in [0.2, 0.25) is 0 Å². The van der Waals surface area contributed by atoms with Crippen LogP contribution < -0.4 is 4.90 Å². The van der Waals surface area contributed by atoms with Crippen molar-refractivity contribution in [2.24, 2.45) is 0 Å². The van der Waals surface area contributed by atoms with Crippen molar-refractivity contribution in [3.05, 3.63) is 218 Å². The largest absolute Gasteiger partial charge is 0.456 e. The Hall–Kier alpha value is -7.62. The molecule has 3 heteroatoms. The molecule has 9 aromatic carbocycles. The fourth-order valence-electron chi connectivity index (χ4n) is 8.54. The summed E-state index contributed by atoms with van der Waals surface area (Å²) in [4.78, 5) is 2.33.